The highest BCUT2D eigenvalue weighted by Gasteiger charge is 2.17. The lowest BCUT2D eigenvalue weighted by Crippen LogP contribution is -2.27. The molecule has 0 aliphatic rings. The van der Waals surface area contributed by atoms with Gasteiger partial charge >= 0.3 is 0 Å². The number of rotatable bonds is 2. The maximum absolute atomic E-state index is 13.4. The zero-order valence-corrected chi connectivity index (χ0v) is 11.4. The molecule has 0 bridgehead atoms. The predicted molar refractivity (Wildman–Crippen MR) is 77.3 cm³/mol. The molecule has 0 saturated heterocycles. The Balaban J connectivity index is 2.40. The molecule has 1 heterocycles. The van der Waals surface area contributed by atoms with Crippen LogP contribution in [0.3, 0.4) is 0 Å². The van der Waals surface area contributed by atoms with Gasteiger partial charge in [-0.2, -0.15) is 0 Å². The molecule has 0 radical (unpaired) electrons. The summed E-state index contributed by atoms with van der Waals surface area (Å²) in [5.74, 6) is 4.19. The van der Waals surface area contributed by atoms with Gasteiger partial charge in [0.05, 0.1) is 17.4 Å². The number of anilines is 1. The average molecular weight is 284 g/mol. The maximum Gasteiger partial charge on any atom is 0.259 e. The minimum Gasteiger partial charge on any atom is -0.384 e. The number of halogens is 1. The van der Waals surface area contributed by atoms with Crippen molar-refractivity contribution < 1.29 is 14.3 Å². The third-order valence-electron chi connectivity index (χ3n) is 2.85. The van der Waals surface area contributed by atoms with Crippen molar-refractivity contribution in [3.63, 3.8) is 0 Å². The van der Waals surface area contributed by atoms with Crippen molar-refractivity contribution in [3.8, 4) is 11.8 Å². The first-order valence-corrected chi connectivity index (χ1v) is 6.21. The van der Waals surface area contributed by atoms with Crippen molar-refractivity contribution in [1.29, 1.82) is 0 Å². The lowest BCUT2D eigenvalue weighted by molar-refractivity contribution is 0.0992. The highest BCUT2D eigenvalue weighted by Crippen LogP contribution is 2.17. The smallest absolute Gasteiger partial charge is 0.259 e. The van der Waals surface area contributed by atoms with Gasteiger partial charge in [-0.05, 0) is 30.3 Å². The van der Waals surface area contributed by atoms with Crippen molar-refractivity contribution in [2.75, 3.05) is 18.6 Å². The number of amides is 1. The summed E-state index contributed by atoms with van der Waals surface area (Å²) < 4.78 is 13.4. The van der Waals surface area contributed by atoms with Gasteiger partial charge in [0.2, 0.25) is 0 Å². The minimum atomic E-state index is -0.521. The first kappa shape index (κ1) is 14.7. The van der Waals surface area contributed by atoms with Crippen LogP contribution < -0.4 is 4.90 Å². The third kappa shape index (κ3) is 3.44. The molecule has 0 saturated carbocycles. The Labute approximate surface area is 121 Å². The van der Waals surface area contributed by atoms with E-state index in [1.54, 1.807) is 25.4 Å². The quantitative estimate of drug-likeness (QED) is 0.856. The van der Waals surface area contributed by atoms with Gasteiger partial charge in [0.25, 0.3) is 5.91 Å². The van der Waals surface area contributed by atoms with Crippen molar-refractivity contribution in [2.24, 2.45) is 0 Å². The highest BCUT2D eigenvalue weighted by molar-refractivity contribution is 6.07. The number of benzene rings is 1. The van der Waals surface area contributed by atoms with Crippen LogP contribution in [0.1, 0.15) is 15.9 Å². The molecule has 2 rings (SSSR count). The Kier molecular flexibility index (Phi) is 4.64. The number of hydrogen-bond donors (Lipinski definition) is 1. The van der Waals surface area contributed by atoms with E-state index in [1.165, 1.54) is 23.2 Å². The van der Waals surface area contributed by atoms with Crippen LogP contribution in [0.2, 0.25) is 0 Å². The van der Waals surface area contributed by atoms with Crippen molar-refractivity contribution in [3.05, 3.63) is 59.7 Å². The maximum atomic E-state index is 13.4. The molecule has 0 unspecified atom stereocenters. The van der Waals surface area contributed by atoms with Gasteiger partial charge in [-0.25, -0.2) is 4.39 Å². The number of nitrogens with zero attached hydrogens (tertiary/aromatic N) is 2. The first-order valence-electron chi connectivity index (χ1n) is 6.21. The van der Waals surface area contributed by atoms with Crippen LogP contribution in [0.15, 0.2) is 42.7 Å². The molecule has 0 atom stereocenters. The van der Waals surface area contributed by atoms with Crippen LogP contribution in [0.4, 0.5) is 10.1 Å². The second kappa shape index (κ2) is 6.64. The van der Waals surface area contributed by atoms with Gasteiger partial charge in [-0.1, -0.05) is 11.8 Å². The zero-order valence-electron chi connectivity index (χ0n) is 11.4. The van der Waals surface area contributed by atoms with Gasteiger partial charge in [0.15, 0.2) is 0 Å². The van der Waals surface area contributed by atoms with Gasteiger partial charge in [-0.3, -0.25) is 9.78 Å². The standard InChI is InChI=1S/C16H13FN2O2/c1-19(14-5-2-8-18-11-14)16(21)15-10-13(17)7-6-12(15)4-3-9-20/h2,5-8,10-11,20H,9H2,1H3. The summed E-state index contributed by atoms with van der Waals surface area (Å²) in [5.41, 5.74) is 1.10. The van der Waals surface area contributed by atoms with Crippen LogP contribution in [0, 0.1) is 17.7 Å². The molecule has 0 aliphatic carbocycles. The lowest BCUT2D eigenvalue weighted by atomic mass is 10.1. The Morgan fingerprint density at radius 1 is 1.43 bits per heavy atom. The fourth-order valence-corrected chi connectivity index (χ4v) is 1.79. The molecule has 5 heteroatoms. The number of aromatic nitrogens is 1. The van der Waals surface area contributed by atoms with Gasteiger partial charge in [0.1, 0.15) is 12.4 Å². The second-order valence-corrected chi connectivity index (χ2v) is 4.23. The van der Waals surface area contributed by atoms with Gasteiger partial charge in [-0.15, -0.1) is 0 Å². The summed E-state index contributed by atoms with van der Waals surface area (Å²) in [7, 11) is 1.58. The Morgan fingerprint density at radius 3 is 2.90 bits per heavy atom. The molecule has 0 aliphatic heterocycles. The molecular formula is C16H13FN2O2. The number of aliphatic hydroxyl groups excluding tert-OH is 1. The molecule has 106 valence electrons. The number of carbonyl (C=O) groups is 1. The van der Waals surface area contributed by atoms with Crippen LogP contribution >= 0.6 is 0 Å². The minimum absolute atomic E-state index is 0.141. The van der Waals surface area contributed by atoms with E-state index in [-0.39, 0.29) is 12.2 Å². The number of carbonyl (C=O) groups excluding carboxylic acids is 1. The first-order chi connectivity index (χ1) is 10.1. The summed E-state index contributed by atoms with van der Waals surface area (Å²) in [5, 5.41) is 8.75. The van der Waals surface area contributed by atoms with E-state index in [4.69, 9.17) is 5.11 Å². The van der Waals surface area contributed by atoms with Crippen LogP contribution in [-0.2, 0) is 0 Å². The average Bonchev–Trinajstić information content (AvgIpc) is 2.53. The van der Waals surface area contributed by atoms with Gasteiger partial charge < -0.3 is 10.0 Å². The van der Waals surface area contributed by atoms with E-state index in [9.17, 15) is 9.18 Å². The largest absolute Gasteiger partial charge is 0.384 e. The summed E-state index contributed by atoms with van der Waals surface area (Å²) in [6, 6.07) is 7.21. The molecule has 0 spiro atoms. The predicted octanol–water partition coefficient (Wildman–Crippen LogP) is 1.84. The normalized spacial score (nSPS) is 9.67. The molecule has 21 heavy (non-hydrogen) atoms. The number of hydrogen-bond acceptors (Lipinski definition) is 3. The van der Waals surface area contributed by atoms with Crippen LogP contribution in [0.25, 0.3) is 0 Å². The Bertz CT molecular complexity index is 705. The molecule has 1 N–H and O–H groups in total. The fourth-order valence-electron chi connectivity index (χ4n) is 1.79. The van der Waals surface area contributed by atoms with Crippen molar-refractivity contribution >= 4 is 11.6 Å². The van der Waals surface area contributed by atoms with E-state index >= 15 is 0 Å². The topological polar surface area (TPSA) is 53.4 Å². The summed E-state index contributed by atoms with van der Waals surface area (Å²) in [6.45, 7) is -0.330. The SMILES string of the molecule is CN(C(=O)c1cc(F)ccc1C#CCO)c1cccnc1. The van der Waals surface area contributed by atoms with Crippen molar-refractivity contribution in [2.45, 2.75) is 0 Å². The van der Waals surface area contributed by atoms with E-state index in [0.717, 1.165) is 6.07 Å². The number of pyridine rings is 1. The zero-order chi connectivity index (χ0) is 15.2. The summed E-state index contributed by atoms with van der Waals surface area (Å²) >= 11 is 0. The van der Waals surface area contributed by atoms with E-state index in [1.807, 2.05) is 0 Å². The molecular weight excluding hydrogens is 271 g/mol. The monoisotopic (exact) mass is 284 g/mol. The van der Waals surface area contributed by atoms with Crippen molar-refractivity contribution in [1.82, 2.24) is 4.98 Å². The Hall–Kier alpha value is -2.71. The molecule has 1 aromatic heterocycles. The summed E-state index contributed by atoms with van der Waals surface area (Å²) in [6.07, 6.45) is 3.14. The number of aliphatic hydroxyl groups is 1. The fraction of sp³-hybridized carbons (Fsp3) is 0.125. The third-order valence-corrected chi connectivity index (χ3v) is 2.85. The Morgan fingerprint density at radius 2 is 2.24 bits per heavy atom. The van der Waals surface area contributed by atoms with E-state index < -0.39 is 11.7 Å². The molecule has 2 aromatic rings. The van der Waals surface area contributed by atoms with Gasteiger partial charge in [0, 0.05) is 18.8 Å². The van der Waals surface area contributed by atoms with E-state index in [0.29, 0.717) is 11.3 Å². The second-order valence-electron chi connectivity index (χ2n) is 4.23. The molecule has 4 nitrogen and oxygen atoms in total. The molecule has 0 fully saturated rings. The van der Waals surface area contributed by atoms with Crippen LogP contribution in [-0.4, -0.2) is 29.7 Å². The molecule has 1 aromatic carbocycles. The van der Waals surface area contributed by atoms with Crippen LogP contribution in [0.5, 0.6) is 0 Å². The lowest BCUT2D eigenvalue weighted by Gasteiger charge is -2.17. The van der Waals surface area contributed by atoms with E-state index in [2.05, 4.69) is 16.8 Å². The molecule has 1 amide bonds. The highest BCUT2D eigenvalue weighted by atomic mass is 19.1. The summed E-state index contributed by atoms with van der Waals surface area (Å²) in [4.78, 5) is 17.8.